The van der Waals surface area contributed by atoms with Crippen molar-refractivity contribution < 1.29 is 14.4 Å². The van der Waals surface area contributed by atoms with E-state index in [-0.39, 0.29) is 5.41 Å². The summed E-state index contributed by atoms with van der Waals surface area (Å²) in [6.07, 6.45) is 20.5. The maximum absolute atomic E-state index is 11.5. The first-order valence-electron chi connectivity index (χ1n) is 11.7. The first kappa shape index (κ1) is 27.1. The van der Waals surface area contributed by atoms with Gasteiger partial charge in [-0.2, -0.15) is 0 Å². The zero-order valence-electron chi connectivity index (χ0n) is 18.8. The lowest BCUT2D eigenvalue weighted by molar-refractivity contribution is -0.317. The van der Waals surface area contributed by atoms with E-state index in [1.54, 1.807) is 0 Å². The molecule has 0 aliphatic carbocycles. The van der Waals surface area contributed by atoms with Gasteiger partial charge in [-0.15, -0.1) is 0 Å². The van der Waals surface area contributed by atoms with Gasteiger partial charge >= 0.3 is 0 Å². The van der Waals surface area contributed by atoms with Gasteiger partial charge < -0.3 is 14.4 Å². The fourth-order valence-electron chi connectivity index (χ4n) is 3.83. The molecule has 0 heterocycles. The summed E-state index contributed by atoms with van der Waals surface area (Å²) in [6, 6.07) is 0. The Morgan fingerprint density at radius 3 is 1.30 bits per heavy atom. The molecule has 164 valence electrons. The molecule has 27 heavy (non-hydrogen) atoms. The van der Waals surface area contributed by atoms with Gasteiger partial charge in [-0.05, 0) is 23.9 Å². The summed E-state index contributed by atoms with van der Waals surface area (Å²) < 4.78 is 11.5. The van der Waals surface area contributed by atoms with E-state index >= 15 is 0 Å². The van der Waals surface area contributed by atoms with E-state index in [0.717, 1.165) is 12.8 Å². The quantitative estimate of drug-likeness (QED) is 0.184. The third kappa shape index (κ3) is 19.2. The van der Waals surface area contributed by atoms with E-state index in [1.165, 1.54) is 83.5 Å². The Balaban J connectivity index is 3.49. The molecular formula is C23H47O3P-2. The molecule has 0 fully saturated rings. The van der Waals surface area contributed by atoms with Crippen molar-refractivity contribution in [3.05, 3.63) is 0 Å². The van der Waals surface area contributed by atoms with Gasteiger partial charge in [-0.1, -0.05) is 132 Å². The standard InChI is InChI=1S/C23H49O3P/c1-5-6-7-8-9-10-11-12-13-14-15-16-17-18-19-20-22(27(24,25)26)21-23(2,3)4/h22H,5-21H2,1-4H3,(H2,24,25,26)/p-2. The maximum atomic E-state index is 11.5. The van der Waals surface area contributed by atoms with Crippen LogP contribution in [0.5, 0.6) is 0 Å². The van der Waals surface area contributed by atoms with Gasteiger partial charge in [-0.3, -0.25) is 0 Å². The SMILES string of the molecule is CCCCCCCCCCCCCCCCCC(CC(C)(C)C)P(=O)([O-])[O-]. The molecule has 0 N–H and O–H groups in total. The summed E-state index contributed by atoms with van der Waals surface area (Å²) in [5.41, 5.74) is -0.788. The smallest absolute Gasteiger partial charge is 0.0129 e. The first-order valence-corrected chi connectivity index (χ1v) is 13.3. The minimum Gasteiger partial charge on any atom is -0.811 e. The lowest BCUT2D eigenvalue weighted by atomic mass is 9.89. The van der Waals surface area contributed by atoms with Gasteiger partial charge in [0.05, 0.1) is 0 Å². The molecule has 0 aromatic rings. The summed E-state index contributed by atoms with van der Waals surface area (Å²) in [5, 5.41) is 0. The number of hydrogen-bond acceptors (Lipinski definition) is 3. The molecule has 0 aromatic heterocycles. The molecule has 0 aliphatic rings. The molecule has 4 heteroatoms. The van der Waals surface area contributed by atoms with Crippen LogP contribution in [0.4, 0.5) is 0 Å². The predicted molar refractivity (Wildman–Crippen MR) is 115 cm³/mol. The van der Waals surface area contributed by atoms with Crippen LogP contribution in [-0.4, -0.2) is 5.66 Å². The molecule has 0 rings (SSSR count). The monoisotopic (exact) mass is 402 g/mol. The zero-order chi connectivity index (χ0) is 20.6. The lowest BCUT2D eigenvalue weighted by Crippen LogP contribution is -2.29. The summed E-state index contributed by atoms with van der Waals surface area (Å²) in [5.74, 6) is 0. The topological polar surface area (TPSA) is 63.2 Å². The Kier molecular flexibility index (Phi) is 16.1. The largest absolute Gasteiger partial charge is 0.811 e. The van der Waals surface area contributed by atoms with Crippen LogP contribution in [-0.2, 0) is 4.57 Å². The third-order valence-electron chi connectivity index (χ3n) is 5.44. The highest BCUT2D eigenvalue weighted by molar-refractivity contribution is 7.49. The Labute approximate surface area is 170 Å². The van der Waals surface area contributed by atoms with Gasteiger partial charge in [-0.25, -0.2) is 0 Å². The Morgan fingerprint density at radius 1 is 0.667 bits per heavy atom. The maximum Gasteiger partial charge on any atom is -0.0129 e. The Bertz CT molecular complexity index is 370. The molecule has 1 unspecified atom stereocenters. The van der Waals surface area contributed by atoms with Crippen molar-refractivity contribution in [1.29, 1.82) is 0 Å². The fourth-order valence-corrected chi connectivity index (χ4v) is 5.10. The second-order valence-electron chi connectivity index (χ2n) is 9.70. The van der Waals surface area contributed by atoms with Crippen LogP contribution in [0.2, 0.25) is 0 Å². The van der Waals surface area contributed by atoms with Crippen molar-refractivity contribution in [1.82, 2.24) is 0 Å². The van der Waals surface area contributed by atoms with Crippen LogP contribution in [0, 0.1) is 5.41 Å². The van der Waals surface area contributed by atoms with Crippen molar-refractivity contribution in [2.45, 2.75) is 143 Å². The van der Waals surface area contributed by atoms with Crippen LogP contribution >= 0.6 is 7.60 Å². The third-order valence-corrected chi connectivity index (χ3v) is 6.77. The summed E-state index contributed by atoms with van der Waals surface area (Å²) in [7, 11) is -4.46. The zero-order valence-corrected chi connectivity index (χ0v) is 19.7. The minimum absolute atomic E-state index is 0.106. The van der Waals surface area contributed by atoms with Gasteiger partial charge in [0.2, 0.25) is 0 Å². The molecule has 0 bridgehead atoms. The average molecular weight is 403 g/mol. The molecule has 0 aliphatic heterocycles. The van der Waals surface area contributed by atoms with E-state index in [4.69, 9.17) is 0 Å². The highest BCUT2D eigenvalue weighted by Crippen LogP contribution is 2.42. The first-order chi connectivity index (χ1) is 12.7. The van der Waals surface area contributed by atoms with E-state index in [0.29, 0.717) is 12.8 Å². The summed E-state index contributed by atoms with van der Waals surface area (Å²) >= 11 is 0. The summed E-state index contributed by atoms with van der Waals surface area (Å²) in [4.78, 5) is 22.9. The minimum atomic E-state index is -4.46. The van der Waals surface area contributed by atoms with Crippen LogP contribution in [0.25, 0.3) is 0 Å². The van der Waals surface area contributed by atoms with Crippen LogP contribution in [0.1, 0.15) is 137 Å². The molecule has 0 saturated heterocycles. The normalized spacial score (nSPS) is 13.9. The second-order valence-corrected chi connectivity index (χ2v) is 11.5. The average Bonchev–Trinajstić information content (AvgIpc) is 2.55. The van der Waals surface area contributed by atoms with E-state index in [2.05, 4.69) is 6.92 Å². The molecule has 1 atom stereocenters. The Morgan fingerprint density at radius 2 is 1.00 bits per heavy atom. The van der Waals surface area contributed by atoms with Crippen molar-refractivity contribution in [3.63, 3.8) is 0 Å². The summed E-state index contributed by atoms with van der Waals surface area (Å²) in [6.45, 7) is 8.27. The Hall–Kier alpha value is 0.150. The number of hydrogen-bond donors (Lipinski definition) is 0. The molecular weight excluding hydrogens is 355 g/mol. The second kappa shape index (κ2) is 16.0. The number of unbranched alkanes of at least 4 members (excludes halogenated alkanes) is 14. The lowest BCUT2D eigenvalue weighted by Gasteiger charge is -2.41. The van der Waals surface area contributed by atoms with Crippen molar-refractivity contribution in [2.75, 3.05) is 0 Å². The van der Waals surface area contributed by atoms with Crippen LogP contribution < -0.4 is 9.79 Å². The molecule has 0 spiro atoms. The van der Waals surface area contributed by atoms with Gasteiger partial charge in [0.1, 0.15) is 0 Å². The molecule has 0 aromatic carbocycles. The van der Waals surface area contributed by atoms with Gasteiger partial charge in [0.15, 0.2) is 0 Å². The van der Waals surface area contributed by atoms with Gasteiger partial charge in [0.25, 0.3) is 0 Å². The van der Waals surface area contributed by atoms with E-state index in [9.17, 15) is 14.4 Å². The molecule has 0 radical (unpaired) electrons. The highest BCUT2D eigenvalue weighted by atomic mass is 31.2. The molecule has 3 nitrogen and oxygen atoms in total. The highest BCUT2D eigenvalue weighted by Gasteiger charge is 2.21. The molecule has 0 amide bonds. The van der Waals surface area contributed by atoms with Crippen molar-refractivity contribution in [3.8, 4) is 0 Å². The van der Waals surface area contributed by atoms with Crippen LogP contribution in [0.15, 0.2) is 0 Å². The fraction of sp³-hybridized carbons (Fsp3) is 1.00. The van der Waals surface area contributed by atoms with E-state index in [1.807, 2.05) is 20.8 Å². The van der Waals surface area contributed by atoms with Crippen molar-refractivity contribution >= 4 is 7.60 Å². The van der Waals surface area contributed by atoms with Crippen molar-refractivity contribution in [2.24, 2.45) is 5.41 Å². The molecule has 0 saturated carbocycles. The van der Waals surface area contributed by atoms with E-state index < -0.39 is 13.3 Å². The predicted octanol–water partition coefficient (Wildman–Crippen LogP) is 6.97. The number of rotatable bonds is 18. The van der Waals surface area contributed by atoms with Crippen LogP contribution in [0.3, 0.4) is 0 Å². The van der Waals surface area contributed by atoms with Gasteiger partial charge in [0, 0.05) is 0 Å².